The lowest BCUT2D eigenvalue weighted by molar-refractivity contribution is 0.183. The number of hydrogen-bond acceptors (Lipinski definition) is 4. The lowest BCUT2D eigenvalue weighted by Crippen LogP contribution is -2.43. The van der Waals surface area contributed by atoms with Crippen LogP contribution >= 0.6 is 22.9 Å². The summed E-state index contributed by atoms with van der Waals surface area (Å²) in [6, 6.07) is 4.27. The van der Waals surface area contributed by atoms with Crippen LogP contribution in [-0.4, -0.2) is 66.7 Å². The highest BCUT2D eigenvalue weighted by Gasteiger charge is 2.29. The number of nitrogens with zero attached hydrogens (tertiary/aromatic N) is 3. The van der Waals surface area contributed by atoms with Gasteiger partial charge in [0, 0.05) is 50.7 Å². The van der Waals surface area contributed by atoms with Gasteiger partial charge in [-0.1, -0.05) is 23.8 Å². The number of thiophene rings is 1. The Morgan fingerprint density at radius 2 is 2.26 bits per heavy atom. The van der Waals surface area contributed by atoms with Crippen LogP contribution in [0.1, 0.15) is 17.4 Å². The second kappa shape index (κ2) is 7.66. The van der Waals surface area contributed by atoms with Gasteiger partial charge in [0.25, 0.3) is 0 Å². The van der Waals surface area contributed by atoms with Crippen LogP contribution in [0.25, 0.3) is 0 Å². The van der Waals surface area contributed by atoms with Gasteiger partial charge in [-0.15, -0.1) is 11.3 Å². The van der Waals surface area contributed by atoms with Gasteiger partial charge in [-0.05, 0) is 18.6 Å². The zero-order valence-corrected chi connectivity index (χ0v) is 14.9. The van der Waals surface area contributed by atoms with Gasteiger partial charge < -0.3 is 15.3 Å². The van der Waals surface area contributed by atoms with E-state index >= 15 is 0 Å². The number of rotatable bonds is 4. The molecule has 3 rings (SSSR count). The average Bonchev–Trinajstić information content (AvgIpc) is 3.28. The normalized spacial score (nSPS) is 23.7. The fourth-order valence-electron chi connectivity index (χ4n) is 3.15. The predicted octanol–water partition coefficient (Wildman–Crippen LogP) is 1.96. The summed E-state index contributed by atoms with van der Waals surface area (Å²) in [4.78, 5) is 10.0. The Bertz CT molecular complexity index is 580. The van der Waals surface area contributed by atoms with Gasteiger partial charge in [0.1, 0.15) is 6.10 Å². The summed E-state index contributed by atoms with van der Waals surface area (Å²) in [5, 5.41) is 13.5. The summed E-state index contributed by atoms with van der Waals surface area (Å²) in [5.74, 6) is 0.862. The van der Waals surface area contributed by atoms with Crippen molar-refractivity contribution in [2.45, 2.75) is 18.6 Å². The Morgan fingerprint density at radius 1 is 1.48 bits per heavy atom. The molecule has 2 unspecified atom stereocenters. The Balaban J connectivity index is 1.50. The molecule has 2 aliphatic rings. The van der Waals surface area contributed by atoms with Crippen molar-refractivity contribution in [3.8, 4) is 0 Å². The highest BCUT2D eigenvalue weighted by Crippen LogP contribution is 2.26. The van der Waals surface area contributed by atoms with Gasteiger partial charge >= 0.3 is 0 Å². The molecule has 0 bridgehead atoms. The minimum Gasteiger partial charge on any atom is -0.386 e. The van der Waals surface area contributed by atoms with Gasteiger partial charge in [-0.25, -0.2) is 0 Å². The fraction of sp³-hybridized carbons (Fsp3) is 0.562. The molecular weight excluding hydrogens is 332 g/mol. The second-order valence-corrected chi connectivity index (χ2v) is 7.65. The molecule has 1 saturated heterocycles. The third-order valence-corrected chi connectivity index (χ3v) is 5.75. The molecule has 126 valence electrons. The Morgan fingerprint density at radius 3 is 2.91 bits per heavy atom. The van der Waals surface area contributed by atoms with Crippen molar-refractivity contribution < 1.29 is 5.11 Å². The second-order valence-electron chi connectivity index (χ2n) is 5.90. The third kappa shape index (κ3) is 4.07. The number of aliphatic imine (C=N–C) groups is 1. The van der Waals surface area contributed by atoms with Crippen molar-refractivity contribution in [3.05, 3.63) is 33.5 Å². The van der Waals surface area contributed by atoms with E-state index in [1.54, 1.807) is 7.05 Å². The number of aliphatic hydroxyl groups excluding tert-OH is 1. The molecule has 7 heteroatoms. The number of aliphatic hydroxyl groups is 1. The molecule has 2 N–H and O–H groups in total. The lowest BCUT2D eigenvalue weighted by atomic mass is 10.2. The largest absolute Gasteiger partial charge is 0.386 e. The Hall–Kier alpha value is -1.08. The summed E-state index contributed by atoms with van der Waals surface area (Å²) < 4.78 is 0.699. The molecule has 1 aromatic heterocycles. The molecular formula is C16H23ClN4OS. The number of guanidine groups is 1. The molecule has 0 radical (unpaired) electrons. The summed E-state index contributed by atoms with van der Waals surface area (Å²) in [6.07, 6.45) is 5.06. The Labute approximate surface area is 146 Å². The standard InChI is InChI=1S/C16H23ClN4OS/c1-18-16(19-10-13(22)14-4-5-15(17)23-14)21-9-6-12(11-21)20-7-2-3-8-20/h2-5,12-13,22H,6-11H2,1H3,(H,18,19). The highest BCUT2D eigenvalue weighted by atomic mass is 35.5. The van der Waals surface area contributed by atoms with Crippen LogP contribution in [0.15, 0.2) is 29.3 Å². The van der Waals surface area contributed by atoms with E-state index in [0.717, 1.165) is 43.4 Å². The maximum atomic E-state index is 10.2. The summed E-state index contributed by atoms with van der Waals surface area (Å²) in [5.41, 5.74) is 0. The van der Waals surface area contributed by atoms with Crippen molar-refractivity contribution in [3.63, 3.8) is 0 Å². The first-order valence-corrected chi connectivity index (χ1v) is 9.14. The fourth-order valence-corrected chi connectivity index (χ4v) is 4.20. The average molecular weight is 355 g/mol. The number of likely N-dealkylation sites (tertiary alicyclic amines) is 1. The summed E-state index contributed by atoms with van der Waals surface area (Å²) in [6.45, 7) is 4.55. The first-order chi connectivity index (χ1) is 11.2. The van der Waals surface area contributed by atoms with Crippen molar-refractivity contribution >= 4 is 28.9 Å². The molecule has 23 heavy (non-hydrogen) atoms. The molecule has 0 aliphatic carbocycles. The van der Waals surface area contributed by atoms with Crippen LogP contribution < -0.4 is 5.32 Å². The van der Waals surface area contributed by atoms with Gasteiger partial charge in [0.05, 0.1) is 4.34 Å². The van der Waals surface area contributed by atoms with Crippen LogP contribution in [0.5, 0.6) is 0 Å². The topological polar surface area (TPSA) is 51.1 Å². The minimum absolute atomic E-state index is 0.440. The molecule has 0 spiro atoms. The van der Waals surface area contributed by atoms with E-state index in [-0.39, 0.29) is 0 Å². The SMILES string of the molecule is CN=C(NCC(O)c1ccc(Cl)s1)N1CCC(N2CC=CC2)C1. The van der Waals surface area contributed by atoms with Crippen molar-refractivity contribution in [2.75, 3.05) is 39.8 Å². The third-order valence-electron chi connectivity index (χ3n) is 4.41. The molecule has 3 heterocycles. The van der Waals surface area contributed by atoms with E-state index in [4.69, 9.17) is 11.6 Å². The maximum absolute atomic E-state index is 10.2. The predicted molar refractivity (Wildman–Crippen MR) is 96.3 cm³/mol. The molecule has 5 nitrogen and oxygen atoms in total. The van der Waals surface area contributed by atoms with Crippen molar-refractivity contribution in [2.24, 2.45) is 4.99 Å². The number of halogens is 1. The van der Waals surface area contributed by atoms with Gasteiger partial charge in [-0.2, -0.15) is 0 Å². The zero-order chi connectivity index (χ0) is 16.2. The first kappa shape index (κ1) is 16.8. The number of hydrogen-bond donors (Lipinski definition) is 2. The first-order valence-electron chi connectivity index (χ1n) is 7.95. The highest BCUT2D eigenvalue weighted by molar-refractivity contribution is 7.16. The van der Waals surface area contributed by atoms with Crippen LogP contribution in [0.3, 0.4) is 0 Å². The van der Waals surface area contributed by atoms with E-state index in [1.165, 1.54) is 11.3 Å². The van der Waals surface area contributed by atoms with E-state index in [2.05, 4.69) is 32.3 Å². The minimum atomic E-state index is -0.564. The van der Waals surface area contributed by atoms with Crippen LogP contribution in [0.4, 0.5) is 0 Å². The number of nitrogens with one attached hydrogen (secondary N) is 1. The van der Waals surface area contributed by atoms with Crippen molar-refractivity contribution in [1.29, 1.82) is 0 Å². The lowest BCUT2D eigenvalue weighted by Gasteiger charge is -2.26. The van der Waals surface area contributed by atoms with E-state index in [0.29, 0.717) is 16.9 Å². The van der Waals surface area contributed by atoms with E-state index in [9.17, 15) is 5.11 Å². The zero-order valence-electron chi connectivity index (χ0n) is 13.3. The quantitative estimate of drug-likeness (QED) is 0.493. The molecule has 0 amide bonds. The van der Waals surface area contributed by atoms with E-state index in [1.807, 2.05) is 12.1 Å². The molecule has 1 fully saturated rings. The van der Waals surface area contributed by atoms with Gasteiger partial charge in [0.15, 0.2) is 5.96 Å². The summed E-state index contributed by atoms with van der Waals surface area (Å²) in [7, 11) is 1.79. The molecule has 2 atom stereocenters. The smallest absolute Gasteiger partial charge is 0.193 e. The van der Waals surface area contributed by atoms with Crippen molar-refractivity contribution in [1.82, 2.24) is 15.1 Å². The van der Waals surface area contributed by atoms with Crippen LogP contribution in [-0.2, 0) is 0 Å². The molecule has 0 aromatic carbocycles. The molecule has 0 saturated carbocycles. The van der Waals surface area contributed by atoms with Crippen LogP contribution in [0.2, 0.25) is 4.34 Å². The van der Waals surface area contributed by atoms with Gasteiger partial charge in [-0.3, -0.25) is 9.89 Å². The Kier molecular flexibility index (Phi) is 5.58. The monoisotopic (exact) mass is 354 g/mol. The van der Waals surface area contributed by atoms with Gasteiger partial charge in [0.2, 0.25) is 0 Å². The summed E-state index contributed by atoms with van der Waals surface area (Å²) >= 11 is 7.33. The van der Waals surface area contributed by atoms with E-state index < -0.39 is 6.10 Å². The molecule has 2 aliphatic heterocycles. The maximum Gasteiger partial charge on any atom is 0.193 e. The van der Waals surface area contributed by atoms with Crippen LogP contribution in [0, 0.1) is 0 Å². The molecule has 1 aromatic rings.